The summed E-state index contributed by atoms with van der Waals surface area (Å²) >= 11 is 0. The number of rotatable bonds is 8. The minimum Gasteiger partial charge on any atom is -0.478 e. The topological polar surface area (TPSA) is 94.8 Å². The van der Waals surface area contributed by atoms with E-state index in [4.69, 9.17) is 10.2 Å². The molecule has 2 rings (SSSR count). The van der Waals surface area contributed by atoms with Crippen LogP contribution in [0.3, 0.4) is 0 Å². The molecule has 0 aromatic heterocycles. The number of hydrogen-bond donors (Lipinski definition) is 3. The van der Waals surface area contributed by atoms with Gasteiger partial charge in [0.05, 0.1) is 11.1 Å². The van der Waals surface area contributed by atoms with Gasteiger partial charge in [-0.2, -0.15) is 0 Å². The van der Waals surface area contributed by atoms with Gasteiger partial charge < -0.3 is 15.3 Å². The van der Waals surface area contributed by atoms with E-state index < -0.39 is 11.9 Å². The fourth-order valence-corrected chi connectivity index (χ4v) is 3.73. The highest BCUT2D eigenvalue weighted by molar-refractivity contribution is 5.88. The number of aromatic carboxylic acids is 2. The Kier molecular flexibility index (Phi) is 6.85. The maximum atomic E-state index is 11.2. The largest absolute Gasteiger partial charge is 0.478 e. The molecule has 0 bridgehead atoms. The lowest BCUT2D eigenvalue weighted by molar-refractivity contribution is 0.0686. The molecule has 0 saturated carbocycles. The van der Waals surface area contributed by atoms with Crippen molar-refractivity contribution in [2.45, 2.75) is 46.0 Å². The summed E-state index contributed by atoms with van der Waals surface area (Å²) in [5.74, 6) is -1.93. The van der Waals surface area contributed by atoms with Crippen LogP contribution in [0, 0.1) is 11.3 Å². The second kappa shape index (κ2) is 8.78. The smallest absolute Gasteiger partial charge is 0.335 e. The van der Waals surface area contributed by atoms with Crippen molar-refractivity contribution in [1.29, 1.82) is 0 Å². The summed E-state index contributed by atoms with van der Waals surface area (Å²) in [4.78, 5) is 22.2. The Bertz CT molecular complexity index is 846. The Labute approximate surface area is 172 Å². The van der Waals surface area contributed by atoms with Crippen molar-refractivity contribution in [1.82, 2.24) is 0 Å². The van der Waals surface area contributed by atoms with Crippen LogP contribution in [0.25, 0.3) is 0 Å². The number of aliphatic hydroxyl groups is 1. The molecule has 0 heterocycles. The van der Waals surface area contributed by atoms with E-state index in [-0.39, 0.29) is 34.5 Å². The van der Waals surface area contributed by atoms with Crippen molar-refractivity contribution in [3.63, 3.8) is 0 Å². The lowest BCUT2D eigenvalue weighted by Gasteiger charge is -2.45. The van der Waals surface area contributed by atoms with Crippen molar-refractivity contribution in [2.24, 2.45) is 11.3 Å². The Balaban J connectivity index is 2.29. The van der Waals surface area contributed by atoms with Crippen LogP contribution in [0.1, 0.15) is 66.0 Å². The molecule has 0 radical (unpaired) electrons. The second-order valence-electron chi connectivity index (χ2n) is 8.92. The van der Waals surface area contributed by atoms with E-state index in [2.05, 4.69) is 27.7 Å². The van der Waals surface area contributed by atoms with Gasteiger partial charge in [-0.05, 0) is 65.0 Å². The van der Waals surface area contributed by atoms with E-state index in [9.17, 15) is 14.7 Å². The average molecular weight is 398 g/mol. The highest BCUT2D eigenvalue weighted by Gasteiger charge is 2.40. The third kappa shape index (κ3) is 5.24. The number of benzene rings is 2. The van der Waals surface area contributed by atoms with E-state index in [1.54, 1.807) is 36.4 Å². The van der Waals surface area contributed by atoms with Crippen LogP contribution >= 0.6 is 0 Å². The van der Waals surface area contributed by atoms with Gasteiger partial charge in [0, 0.05) is 6.61 Å². The molecule has 3 N–H and O–H groups in total. The van der Waals surface area contributed by atoms with Crippen LogP contribution in [-0.2, 0) is 11.8 Å². The summed E-state index contributed by atoms with van der Waals surface area (Å²) in [5.41, 5.74) is 2.09. The molecule has 0 amide bonds. The van der Waals surface area contributed by atoms with Crippen LogP contribution in [0.5, 0.6) is 0 Å². The maximum absolute atomic E-state index is 11.2. The Morgan fingerprint density at radius 3 is 1.66 bits per heavy atom. The number of carboxylic acid groups (broad SMARTS) is 2. The normalized spacial score (nSPS) is 14.8. The molecule has 2 aromatic carbocycles. The first-order valence-electron chi connectivity index (χ1n) is 9.75. The van der Waals surface area contributed by atoms with E-state index in [1.807, 2.05) is 12.1 Å². The standard InChI is InChI=1S/C24H30O5/c1-23(2,3)24(4,20-11-9-19(10-12-20)22(28)29)14-17(15-25)13-16-5-7-18(8-6-16)21(26)27/h5-12,17,25H,13-15H2,1-4H3,(H,26,27)(H,28,29). The predicted molar refractivity (Wildman–Crippen MR) is 113 cm³/mol. The minimum absolute atomic E-state index is 0.0135. The minimum atomic E-state index is -0.958. The van der Waals surface area contributed by atoms with Gasteiger partial charge in [0.25, 0.3) is 0 Å². The quantitative estimate of drug-likeness (QED) is 0.603. The molecule has 0 saturated heterocycles. The third-order valence-corrected chi connectivity index (χ3v) is 6.10. The van der Waals surface area contributed by atoms with Gasteiger partial charge in [-0.3, -0.25) is 0 Å². The average Bonchev–Trinajstić information content (AvgIpc) is 2.66. The Morgan fingerprint density at radius 2 is 1.28 bits per heavy atom. The summed E-state index contributed by atoms with van der Waals surface area (Å²) in [6.07, 6.45) is 1.34. The highest BCUT2D eigenvalue weighted by Crippen LogP contribution is 2.46. The molecule has 2 unspecified atom stereocenters. The molecule has 0 aliphatic carbocycles. The molecule has 156 valence electrons. The lowest BCUT2D eigenvalue weighted by Crippen LogP contribution is -2.40. The van der Waals surface area contributed by atoms with Gasteiger partial charge in [0.15, 0.2) is 0 Å². The molecular formula is C24H30O5. The van der Waals surface area contributed by atoms with Crippen LogP contribution in [0.4, 0.5) is 0 Å². The molecule has 2 atom stereocenters. The molecule has 0 aliphatic rings. The van der Waals surface area contributed by atoms with E-state index in [1.165, 1.54) is 0 Å². The fourth-order valence-electron chi connectivity index (χ4n) is 3.73. The van der Waals surface area contributed by atoms with Gasteiger partial charge >= 0.3 is 11.9 Å². The van der Waals surface area contributed by atoms with E-state index in [0.717, 1.165) is 11.1 Å². The molecule has 0 aliphatic heterocycles. The second-order valence-corrected chi connectivity index (χ2v) is 8.92. The van der Waals surface area contributed by atoms with E-state index in [0.29, 0.717) is 12.8 Å². The fraction of sp³-hybridized carbons (Fsp3) is 0.417. The van der Waals surface area contributed by atoms with Gasteiger partial charge in [-0.25, -0.2) is 9.59 Å². The number of hydrogen-bond acceptors (Lipinski definition) is 3. The molecular weight excluding hydrogens is 368 g/mol. The lowest BCUT2D eigenvalue weighted by atomic mass is 9.60. The van der Waals surface area contributed by atoms with Crippen molar-refractivity contribution >= 4 is 11.9 Å². The zero-order chi connectivity index (χ0) is 21.8. The summed E-state index contributed by atoms with van der Waals surface area (Å²) in [7, 11) is 0. The van der Waals surface area contributed by atoms with Crippen molar-refractivity contribution in [2.75, 3.05) is 6.61 Å². The molecule has 29 heavy (non-hydrogen) atoms. The van der Waals surface area contributed by atoms with Crippen molar-refractivity contribution in [3.8, 4) is 0 Å². The molecule has 5 nitrogen and oxygen atoms in total. The van der Waals surface area contributed by atoms with Gasteiger partial charge in [0.1, 0.15) is 0 Å². The van der Waals surface area contributed by atoms with Gasteiger partial charge in [-0.15, -0.1) is 0 Å². The summed E-state index contributed by atoms with van der Waals surface area (Å²) in [6.45, 7) is 8.61. The summed E-state index contributed by atoms with van der Waals surface area (Å²) in [6, 6.07) is 13.7. The van der Waals surface area contributed by atoms with E-state index >= 15 is 0 Å². The highest BCUT2D eigenvalue weighted by atomic mass is 16.4. The maximum Gasteiger partial charge on any atom is 0.335 e. The van der Waals surface area contributed by atoms with Crippen LogP contribution < -0.4 is 0 Å². The van der Waals surface area contributed by atoms with Crippen molar-refractivity contribution < 1.29 is 24.9 Å². The number of aliphatic hydroxyl groups excluding tert-OH is 1. The molecule has 2 aromatic rings. The zero-order valence-corrected chi connectivity index (χ0v) is 17.5. The third-order valence-electron chi connectivity index (χ3n) is 6.10. The zero-order valence-electron chi connectivity index (χ0n) is 17.5. The first kappa shape index (κ1) is 22.6. The molecule has 5 heteroatoms. The van der Waals surface area contributed by atoms with Crippen LogP contribution in [0.15, 0.2) is 48.5 Å². The first-order valence-corrected chi connectivity index (χ1v) is 9.75. The first-order chi connectivity index (χ1) is 13.5. The van der Waals surface area contributed by atoms with Gasteiger partial charge in [-0.1, -0.05) is 52.0 Å². The van der Waals surface area contributed by atoms with Crippen LogP contribution in [-0.4, -0.2) is 33.9 Å². The van der Waals surface area contributed by atoms with Gasteiger partial charge in [0.2, 0.25) is 0 Å². The Morgan fingerprint density at radius 1 is 0.828 bits per heavy atom. The molecule has 0 fully saturated rings. The summed E-state index contributed by atoms with van der Waals surface area (Å²) in [5, 5.41) is 28.3. The van der Waals surface area contributed by atoms with Crippen molar-refractivity contribution in [3.05, 3.63) is 70.8 Å². The molecule has 0 spiro atoms. The Hall–Kier alpha value is -2.66. The predicted octanol–water partition coefficient (Wildman–Crippen LogP) is 4.63. The number of carbonyl (C=O) groups is 2. The number of carboxylic acids is 2. The SMILES string of the molecule is CC(C)(C)C(C)(CC(CO)Cc1ccc(C(=O)O)cc1)c1ccc(C(=O)O)cc1. The summed E-state index contributed by atoms with van der Waals surface area (Å²) < 4.78 is 0. The van der Waals surface area contributed by atoms with Crippen LogP contribution in [0.2, 0.25) is 0 Å². The monoisotopic (exact) mass is 398 g/mol.